The maximum Gasteiger partial charge on any atom is 0.320 e. The quantitative estimate of drug-likeness (QED) is 0.828. The lowest BCUT2D eigenvalue weighted by Crippen LogP contribution is -2.45. The number of rotatable bonds is 7. The van der Waals surface area contributed by atoms with Gasteiger partial charge in [0.05, 0.1) is 6.54 Å². The predicted octanol–water partition coefficient (Wildman–Crippen LogP) is 1.55. The van der Waals surface area contributed by atoms with E-state index in [0.29, 0.717) is 19.5 Å². The Kier molecular flexibility index (Phi) is 6.20. The maximum atomic E-state index is 12.5. The number of carbonyl (C=O) groups excluding carboxylic acids is 1. The molecule has 7 heteroatoms. The van der Waals surface area contributed by atoms with Crippen molar-refractivity contribution in [2.24, 2.45) is 7.05 Å². The molecule has 0 saturated heterocycles. The highest BCUT2D eigenvalue weighted by Crippen LogP contribution is 2.08. The number of aromatic nitrogens is 2. The first-order valence-electron chi connectivity index (χ1n) is 7.02. The van der Waals surface area contributed by atoms with Gasteiger partial charge in [0.25, 0.3) is 0 Å². The van der Waals surface area contributed by atoms with Gasteiger partial charge >= 0.3 is 12.0 Å². The van der Waals surface area contributed by atoms with Crippen molar-refractivity contribution in [1.29, 1.82) is 0 Å². The summed E-state index contributed by atoms with van der Waals surface area (Å²) in [7, 11) is 3.61. The van der Waals surface area contributed by atoms with Gasteiger partial charge in [-0.2, -0.15) is 0 Å². The molecule has 0 aliphatic heterocycles. The number of urea groups is 1. The fourth-order valence-corrected chi connectivity index (χ4v) is 2.02. The zero-order valence-electron chi connectivity index (χ0n) is 13.1. The number of carbonyl (C=O) groups is 2. The van der Waals surface area contributed by atoms with E-state index in [1.54, 1.807) is 23.0 Å². The van der Waals surface area contributed by atoms with Crippen LogP contribution in [-0.2, 0) is 18.4 Å². The number of aliphatic carboxylic acids is 1. The molecule has 21 heavy (non-hydrogen) atoms. The van der Waals surface area contributed by atoms with Crippen molar-refractivity contribution in [3.05, 3.63) is 18.2 Å². The van der Waals surface area contributed by atoms with Crippen molar-refractivity contribution in [3.63, 3.8) is 0 Å². The maximum absolute atomic E-state index is 12.5. The first-order chi connectivity index (χ1) is 9.82. The summed E-state index contributed by atoms with van der Waals surface area (Å²) in [5.74, 6) is -0.0346. The Morgan fingerprint density at radius 3 is 2.57 bits per heavy atom. The summed E-state index contributed by atoms with van der Waals surface area (Å²) < 4.78 is 1.87. The summed E-state index contributed by atoms with van der Waals surface area (Å²) >= 11 is 0. The van der Waals surface area contributed by atoms with Crippen LogP contribution >= 0.6 is 0 Å². The average molecular weight is 296 g/mol. The van der Waals surface area contributed by atoms with Gasteiger partial charge in [0, 0.05) is 45.5 Å². The Labute approximate surface area is 125 Å². The molecule has 0 radical (unpaired) electrons. The molecular formula is C14H24N4O3. The molecule has 0 saturated carbocycles. The van der Waals surface area contributed by atoms with Crippen LogP contribution < -0.4 is 0 Å². The number of carboxylic acids is 1. The van der Waals surface area contributed by atoms with Crippen LogP contribution in [0.15, 0.2) is 12.4 Å². The minimum absolute atomic E-state index is 0.0233. The molecule has 118 valence electrons. The van der Waals surface area contributed by atoms with E-state index in [1.807, 2.05) is 31.7 Å². The van der Waals surface area contributed by atoms with Crippen molar-refractivity contribution in [3.8, 4) is 0 Å². The molecule has 0 aliphatic carbocycles. The van der Waals surface area contributed by atoms with Crippen LogP contribution in [0.3, 0.4) is 0 Å². The van der Waals surface area contributed by atoms with Crippen molar-refractivity contribution in [2.75, 3.05) is 13.6 Å². The average Bonchev–Trinajstić information content (AvgIpc) is 2.78. The highest BCUT2D eigenvalue weighted by atomic mass is 16.4. The lowest BCUT2D eigenvalue weighted by Gasteiger charge is -2.31. The van der Waals surface area contributed by atoms with Crippen LogP contribution in [0.25, 0.3) is 0 Å². The minimum Gasteiger partial charge on any atom is -0.481 e. The highest BCUT2D eigenvalue weighted by Gasteiger charge is 2.21. The molecule has 1 N–H and O–H groups in total. The largest absolute Gasteiger partial charge is 0.481 e. The molecule has 0 bridgehead atoms. The first kappa shape index (κ1) is 17.0. The zero-order valence-corrected chi connectivity index (χ0v) is 13.1. The Morgan fingerprint density at radius 2 is 2.10 bits per heavy atom. The molecular weight excluding hydrogens is 272 g/mol. The molecule has 0 aliphatic rings. The van der Waals surface area contributed by atoms with Crippen LogP contribution in [0, 0.1) is 0 Å². The van der Waals surface area contributed by atoms with Gasteiger partial charge < -0.3 is 19.5 Å². The Hall–Kier alpha value is -2.05. The normalized spacial score (nSPS) is 10.7. The van der Waals surface area contributed by atoms with Gasteiger partial charge in [-0.1, -0.05) is 0 Å². The number of nitrogens with zero attached hydrogens (tertiary/aromatic N) is 4. The summed E-state index contributed by atoms with van der Waals surface area (Å²) in [4.78, 5) is 30.5. The summed E-state index contributed by atoms with van der Waals surface area (Å²) in [5.41, 5.74) is 0. The van der Waals surface area contributed by atoms with E-state index in [4.69, 9.17) is 5.11 Å². The smallest absolute Gasteiger partial charge is 0.320 e. The number of hydrogen-bond donors (Lipinski definition) is 1. The van der Waals surface area contributed by atoms with Gasteiger partial charge in [0.2, 0.25) is 0 Å². The number of aryl methyl sites for hydroxylation is 1. The fourth-order valence-electron chi connectivity index (χ4n) is 2.02. The Bertz CT molecular complexity index is 484. The molecule has 2 amide bonds. The van der Waals surface area contributed by atoms with E-state index in [9.17, 15) is 9.59 Å². The van der Waals surface area contributed by atoms with Crippen molar-refractivity contribution >= 4 is 12.0 Å². The molecule has 1 rings (SSSR count). The second kappa shape index (κ2) is 7.66. The van der Waals surface area contributed by atoms with E-state index >= 15 is 0 Å². The first-order valence-corrected chi connectivity index (χ1v) is 7.02. The van der Waals surface area contributed by atoms with E-state index in [1.165, 1.54) is 0 Å². The lowest BCUT2D eigenvalue weighted by atomic mass is 10.2. The standard InChI is InChI=1S/C14H24N4O3/c1-11(2)18(8-5-6-13(19)20)14(21)17(4)10-12-15-7-9-16(12)3/h7,9,11H,5-6,8,10H2,1-4H3,(H,19,20). The Morgan fingerprint density at radius 1 is 1.43 bits per heavy atom. The summed E-state index contributed by atoms with van der Waals surface area (Å²) in [6.07, 6.45) is 4.05. The summed E-state index contributed by atoms with van der Waals surface area (Å²) in [6, 6.07) is -0.0893. The molecule has 0 aromatic carbocycles. The van der Waals surface area contributed by atoms with Crippen molar-refractivity contribution in [2.45, 2.75) is 39.3 Å². The minimum atomic E-state index is -0.840. The summed E-state index contributed by atoms with van der Waals surface area (Å²) in [5, 5.41) is 8.69. The van der Waals surface area contributed by atoms with Gasteiger partial charge in [0.1, 0.15) is 5.82 Å². The molecule has 0 fully saturated rings. The monoisotopic (exact) mass is 296 g/mol. The number of hydrogen-bond acceptors (Lipinski definition) is 3. The molecule has 0 unspecified atom stereocenters. The topological polar surface area (TPSA) is 78.7 Å². The SMILES string of the molecule is CC(C)N(CCCC(=O)O)C(=O)N(C)Cc1nccn1C. The fraction of sp³-hybridized carbons (Fsp3) is 0.643. The van der Waals surface area contributed by atoms with E-state index in [2.05, 4.69) is 4.98 Å². The van der Waals surface area contributed by atoms with Crippen LogP contribution in [0.4, 0.5) is 4.79 Å². The summed E-state index contributed by atoms with van der Waals surface area (Å²) in [6.45, 7) is 4.71. The van der Waals surface area contributed by atoms with Gasteiger partial charge in [-0.25, -0.2) is 9.78 Å². The van der Waals surface area contributed by atoms with Gasteiger partial charge in [-0.3, -0.25) is 4.79 Å². The Balaban J connectivity index is 2.62. The second-order valence-electron chi connectivity index (χ2n) is 5.38. The van der Waals surface area contributed by atoms with Crippen LogP contribution in [0.5, 0.6) is 0 Å². The van der Waals surface area contributed by atoms with Gasteiger partial charge in [-0.15, -0.1) is 0 Å². The third-order valence-corrected chi connectivity index (χ3v) is 3.28. The second-order valence-corrected chi connectivity index (χ2v) is 5.38. The number of imidazole rings is 1. The van der Waals surface area contributed by atoms with Crippen LogP contribution in [0.1, 0.15) is 32.5 Å². The number of amides is 2. The molecule has 1 aromatic heterocycles. The van der Waals surface area contributed by atoms with Crippen LogP contribution in [0.2, 0.25) is 0 Å². The zero-order chi connectivity index (χ0) is 16.0. The van der Waals surface area contributed by atoms with E-state index in [-0.39, 0.29) is 18.5 Å². The van der Waals surface area contributed by atoms with Crippen molar-refractivity contribution < 1.29 is 14.7 Å². The third kappa shape index (κ3) is 5.09. The number of carboxylic acid groups (broad SMARTS) is 1. The third-order valence-electron chi connectivity index (χ3n) is 3.28. The lowest BCUT2D eigenvalue weighted by molar-refractivity contribution is -0.137. The van der Waals surface area contributed by atoms with E-state index < -0.39 is 5.97 Å². The molecule has 0 atom stereocenters. The molecule has 1 heterocycles. The highest BCUT2D eigenvalue weighted by molar-refractivity contribution is 5.74. The predicted molar refractivity (Wildman–Crippen MR) is 78.8 cm³/mol. The molecule has 1 aromatic rings. The van der Waals surface area contributed by atoms with Gasteiger partial charge in [-0.05, 0) is 20.3 Å². The molecule has 7 nitrogen and oxygen atoms in total. The molecule has 0 spiro atoms. The van der Waals surface area contributed by atoms with E-state index in [0.717, 1.165) is 5.82 Å². The van der Waals surface area contributed by atoms with Crippen LogP contribution in [-0.4, -0.2) is 56.1 Å². The van der Waals surface area contributed by atoms with Gasteiger partial charge in [0.15, 0.2) is 0 Å². The van der Waals surface area contributed by atoms with Crippen molar-refractivity contribution in [1.82, 2.24) is 19.4 Å².